The Bertz CT molecular complexity index is 428. The molecule has 1 aliphatic carbocycles. The smallest absolute Gasteiger partial charge is 0.282 e. The summed E-state index contributed by atoms with van der Waals surface area (Å²) in [6.45, 7) is 0.665. The van der Waals surface area contributed by atoms with E-state index in [-0.39, 0.29) is 6.04 Å². The lowest BCUT2D eigenvalue weighted by atomic mass is 9.80. The minimum absolute atomic E-state index is 0.272. The molecule has 2 N–H and O–H groups in total. The molecule has 1 heterocycles. The van der Waals surface area contributed by atoms with Crippen LogP contribution < -0.4 is 5.73 Å². The van der Waals surface area contributed by atoms with Crippen molar-refractivity contribution >= 4 is 6.02 Å². The molecule has 0 saturated heterocycles. The second-order valence-electron chi connectivity index (χ2n) is 4.62. The van der Waals surface area contributed by atoms with Crippen LogP contribution in [0.15, 0.2) is 29.3 Å². The monoisotopic (exact) mass is 216 g/mol. The van der Waals surface area contributed by atoms with Crippen LogP contribution in [0.25, 0.3) is 0 Å². The standard InChI is InChI=1S/C13H16N2O/c14-13-15-12(8-16-13)11-6-5-9-3-1-2-4-10(9)7-11/h1-4,11-12H,5-8H2,(H2,14,15)/t11?,12-/m1/s1. The van der Waals surface area contributed by atoms with Gasteiger partial charge in [-0.15, -0.1) is 0 Å². The van der Waals surface area contributed by atoms with Gasteiger partial charge < -0.3 is 10.5 Å². The van der Waals surface area contributed by atoms with Gasteiger partial charge in [0.2, 0.25) is 0 Å². The number of hydrogen-bond donors (Lipinski definition) is 1. The number of nitrogens with zero attached hydrogens (tertiary/aromatic N) is 1. The van der Waals surface area contributed by atoms with Gasteiger partial charge in [0.25, 0.3) is 6.02 Å². The lowest BCUT2D eigenvalue weighted by Gasteiger charge is -2.26. The number of fused-ring (bicyclic) bond motifs is 1. The second kappa shape index (κ2) is 3.81. The predicted molar refractivity (Wildman–Crippen MR) is 63.3 cm³/mol. The van der Waals surface area contributed by atoms with Gasteiger partial charge in [0.1, 0.15) is 6.61 Å². The number of nitrogens with two attached hydrogens (primary N) is 1. The first-order chi connectivity index (χ1) is 7.83. The van der Waals surface area contributed by atoms with Crippen LogP contribution in [0.5, 0.6) is 0 Å². The largest absolute Gasteiger partial charge is 0.463 e. The van der Waals surface area contributed by atoms with E-state index in [0.717, 1.165) is 12.8 Å². The lowest BCUT2D eigenvalue weighted by Crippen LogP contribution is -2.26. The zero-order valence-electron chi connectivity index (χ0n) is 9.23. The highest BCUT2D eigenvalue weighted by Crippen LogP contribution is 2.29. The number of aryl methyl sites for hydroxylation is 1. The number of benzene rings is 1. The van der Waals surface area contributed by atoms with Crippen molar-refractivity contribution in [3.8, 4) is 0 Å². The molecule has 0 bridgehead atoms. The first-order valence-corrected chi connectivity index (χ1v) is 5.86. The molecule has 0 fully saturated rings. The van der Waals surface area contributed by atoms with E-state index < -0.39 is 0 Å². The molecule has 0 amide bonds. The molecule has 1 unspecified atom stereocenters. The van der Waals surface area contributed by atoms with Gasteiger partial charge >= 0.3 is 0 Å². The minimum atomic E-state index is 0.272. The van der Waals surface area contributed by atoms with E-state index in [1.807, 2.05) is 0 Å². The first-order valence-electron chi connectivity index (χ1n) is 5.86. The quantitative estimate of drug-likeness (QED) is 0.773. The normalized spacial score (nSPS) is 28.1. The molecule has 3 heteroatoms. The van der Waals surface area contributed by atoms with Crippen molar-refractivity contribution in [2.24, 2.45) is 16.6 Å². The Hall–Kier alpha value is -1.51. The van der Waals surface area contributed by atoms with E-state index in [1.165, 1.54) is 17.5 Å². The maximum atomic E-state index is 5.55. The third-order valence-electron chi connectivity index (χ3n) is 3.62. The second-order valence-corrected chi connectivity index (χ2v) is 4.62. The van der Waals surface area contributed by atoms with Gasteiger partial charge in [0.05, 0.1) is 6.04 Å². The fraction of sp³-hybridized carbons (Fsp3) is 0.462. The zero-order chi connectivity index (χ0) is 11.0. The fourth-order valence-corrected chi connectivity index (χ4v) is 2.70. The van der Waals surface area contributed by atoms with Gasteiger partial charge in [-0.25, -0.2) is 4.99 Å². The van der Waals surface area contributed by atoms with Crippen molar-refractivity contribution in [2.75, 3.05) is 6.61 Å². The highest BCUT2D eigenvalue weighted by atomic mass is 16.5. The molecule has 84 valence electrons. The van der Waals surface area contributed by atoms with Crippen LogP contribution in [-0.4, -0.2) is 18.7 Å². The molecule has 0 aromatic heterocycles. The minimum Gasteiger partial charge on any atom is -0.463 e. The van der Waals surface area contributed by atoms with Gasteiger partial charge in [-0.05, 0) is 36.3 Å². The van der Waals surface area contributed by atoms with E-state index in [9.17, 15) is 0 Å². The van der Waals surface area contributed by atoms with E-state index in [2.05, 4.69) is 29.3 Å². The van der Waals surface area contributed by atoms with Crippen LogP contribution in [0.3, 0.4) is 0 Å². The molecule has 0 spiro atoms. The van der Waals surface area contributed by atoms with Crippen LogP contribution in [0.4, 0.5) is 0 Å². The first kappa shape index (κ1) is 9.70. The molecular weight excluding hydrogens is 200 g/mol. The average molecular weight is 216 g/mol. The summed E-state index contributed by atoms with van der Waals surface area (Å²) in [5.74, 6) is 0.593. The van der Waals surface area contributed by atoms with Crippen molar-refractivity contribution < 1.29 is 4.74 Å². The van der Waals surface area contributed by atoms with Gasteiger partial charge in [-0.3, -0.25) is 0 Å². The summed E-state index contributed by atoms with van der Waals surface area (Å²) in [6, 6.07) is 9.33. The molecule has 1 aliphatic heterocycles. The molecule has 0 saturated carbocycles. The number of aliphatic imine (C=N–C) groups is 1. The molecule has 3 nitrogen and oxygen atoms in total. The summed E-state index contributed by atoms with van der Waals surface area (Å²) in [4.78, 5) is 4.36. The number of rotatable bonds is 1. The molecule has 1 aromatic rings. The summed E-state index contributed by atoms with van der Waals surface area (Å²) in [7, 11) is 0. The highest BCUT2D eigenvalue weighted by Gasteiger charge is 2.29. The number of amidine groups is 1. The molecule has 2 atom stereocenters. The van der Waals surface area contributed by atoms with E-state index in [4.69, 9.17) is 10.5 Å². The number of hydrogen-bond acceptors (Lipinski definition) is 3. The van der Waals surface area contributed by atoms with Crippen molar-refractivity contribution in [3.63, 3.8) is 0 Å². The molecule has 2 aliphatic rings. The summed E-state index contributed by atoms with van der Waals surface area (Å²) in [5, 5.41) is 0. The van der Waals surface area contributed by atoms with Crippen molar-refractivity contribution in [3.05, 3.63) is 35.4 Å². The van der Waals surface area contributed by atoms with Crippen molar-refractivity contribution in [1.29, 1.82) is 0 Å². The SMILES string of the molecule is NC1=N[C@@H](C2CCc3ccccc3C2)CO1. The fourth-order valence-electron chi connectivity index (χ4n) is 2.70. The Labute approximate surface area is 95.3 Å². The highest BCUT2D eigenvalue weighted by molar-refractivity contribution is 5.73. The molecule has 3 rings (SSSR count). The maximum absolute atomic E-state index is 5.55. The Kier molecular flexibility index (Phi) is 2.31. The summed E-state index contributed by atoms with van der Waals surface area (Å²) in [6.07, 6.45) is 3.47. The zero-order valence-corrected chi connectivity index (χ0v) is 9.23. The molecule has 0 radical (unpaired) electrons. The van der Waals surface area contributed by atoms with E-state index in [0.29, 0.717) is 18.5 Å². The van der Waals surface area contributed by atoms with Gasteiger partial charge in [0, 0.05) is 0 Å². The number of ether oxygens (including phenoxy) is 1. The molecule has 1 aromatic carbocycles. The van der Waals surface area contributed by atoms with Crippen LogP contribution in [0.2, 0.25) is 0 Å². The molecule has 16 heavy (non-hydrogen) atoms. The third kappa shape index (κ3) is 1.66. The van der Waals surface area contributed by atoms with E-state index >= 15 is 0 Å². The van der Waals surface area contributed by atoms with Crippen LogP contribution in [0, 0.1) is 5.92 Å². The third-order valence-corrected chi connectivity index (χ3v) is 3.62. The Morgan fingerprint density at radius 1 is 1.25 bits per heavy atom. The molecular formula is C13H16N2O. The van der Waals surface area contributed by atoms with Crippen molar-refractivity contribution in [2.45, 2.75) is 25.3 Å². The van der Waals surface area contributed by atoms with Gasteiger partial charge in [0.15, 0.2) is 0 Å². The van der Waals surface area contributed by atoms with Crippen LogP contribution in [0.1, 0.15) is 17.5 Å². The topological polar surface area (TPSA) is 47.6 Å². The maximum Gasteiger partial charge on any atom is 0.282 e. The summed E-state index contributed by atoms with van der Waals surface area (Å²) >= 11 is 0. The van der Waals surface area contributed by atoms with Crippen LogP contribution in [-0.2, 0) is 17.6 Å². The Morgan fingerprint density at radius 2 is 2.06 bits per heavy atom. The predicted octanol–water partition coefficient (Wildman–Crippen LogP) is 1.50. The lowest BCUT2D eigenvalue weighted by molar-refractivity contribution is 0.263. The summed E-state index contributed by atoms with van der Waals surface area (Å²) in [5.41, 5.74) is 8.52. The Balaban J connectivity index is 1.78. The summed E-state index contributed by atoms with van der Waals surface area (Å²) < 4.78 is 5.23. The van der Waals surface area contributed by atoms with Gasteiger partial charge in [-0.2, -0.15) is 0 Å². The van der Waals surface area contributed by atoms with Crippen molar-refractivity contribution in [1.82, 2.24) is 0 Å². The average Bonchev–Trinajstić information content (AvgIpc) is 2.75. The van der Waals surface area contributed by atoms with Gasteiger partial charge in [-0.1, -0.05) is 24.3 Å². The van der Waals surface area contributed by atoms with E-state index in [1.54, 1.807) is 0 Å². The van der Waals surface area contributed by atoms with Crippen LogP contribution >= 0.6 is 0 Å². The Morgan fingerprint density at radius 3 is 2.81 bits per heavy atom.